The van der Waals surface area contributed by atoms with Gasteiger partial charge in [-0.2, -0.15) is 0 Å². The Balaban J connectivity index is 2.39. The lowest BCUT2D eigenvalue weighted by Gasteiger charge is -2.11. The first-order valence-corrected chi connectivity index (χ1v) is 4.73. The maximum absolute atomic E-state index is 11.3. The van der Waals surface area contributed by atoms with Crippen LogP contribution in [0.3, 0.4) is 0 Å². The summed E-state index contributed by atoms with van der Waals surface area (Å²) in [4.78, 5) is 11.3. The Morgan fingerprint density at radius 2 is 2.36 bits per heavy atom. The summed E-state index contributed by atoms with van der Waals surface area (Å²) in [5.41, 5.74) is 0.00551. The Morgan fingerprint density at radius 1 is 1.57 bits per heavy atom. The zero-order valence-corrected chi connectivity index (χ0v) is 8.31. The molecule has 0 saturated heterocycles. The van der Waals surface area contributed by atoms with Gasteiger partial charge in [0.2, 0.25) is 0 Å². The predicted octanol–water partition coefficient (Wildman–Crippen LogP) is -0.181. The highest BCUT2D eigenvalue weighted by molar-refractivity contribution is 4.93. The molecule has 1 aromatic heterocycles. The van der Waals surface area contributed by atoms with Gasteiger partial charge in [-0.05, 0) is 13.0 Å². The standard InChI is InChI=1S/C10H16N2O2/c1-9(8-13)11-5-7-12-6-3-2-4-10(12)14/h2-4,6,9,11,13H,5,7-8H2,1H3. The van der Waals surface area contributed by atoms with Gasteiger partial charge in [-0.15, -0.1) is 0 Å². The third kappa shape index (κ3) is 3.32. The summed E-state index contributed by atoms with van der Waals surface area (Å²) in [7, 11) is 0. The molecule has 0 aliphatic carbocycles. The summed E-state index contributed by atoms with van der Waals surface area (Å²) in [6.45, 7) is 3.33. The third-order valence-corrected chi connectivity index (χ3v) is 2.02. The van der Waals surface area contributed by atoms with Crippen LogP contribution in [0.15, 0.2) is 29.2 Å². The normalized spacial score (nSPS) is 12.7. The molecule has 0 aromatic carbocycles. The van der Waals surface area contributed by atoms with Gasteiger partial charge in [0, 0.05) is 31.4 Å². The fourth-order valence-electron chi connectivity index (χ4n) is 1.14. The van der Waals surface area contributed by atoms with Gasteiger partial charge in [0.1, 0.15) is 0 Å². The summed E-state index contributed by atoms with van der Waals surface area (Å²) >= 11 is 0. The number of nitrogens with one attached hydrogen (secondary N) is 1. The number of aromatic nitrogens is 1. The highest BCUT2D eigenvalue weighted by Gasteiger charge is 1.98. The first-order chi connectivity index (χ1) is 6.74. The van der Waals surface area contributed by atoms with E-state index >= 15 is 0 Å². The molecule has 1 aromatic rings. The van der Waals surface area contributed by atoms with Crippen molar-refractivity contribution >= 4 is 0 Å². The van der Waals surface area contributed by atoms with Crippen LogP contribution in [0.4, 0.5) is 0 Å². The molecular formula is C10H16N2O2. The van der Waals surface area contributed by atoms with Gasteiger partial charge in [-0.1, -0.05) is 6.07 Å². The van der Waals surface area contributed by atoms with Crippen molar-refractivity contribution in [1.29, 1.82) is 0 Å². The van der Waals surface area contributed by atoms with Crippen molar-refractivity contribution in [2.45, 2.75) is 19.5 Å². The van der Waals surface area contributed by atoms with Gasteiger partial charge in [-0.25, -0.2) is 0 Å². The zero-order valence-electron chi connectivity index (χ0n) is 8.31. The van der Waals surface area contributed by atoms with E-state index in [4.69, 9.17) is 5.11 Å². The van der Waals surface area contributed by atoms with Gasteiger partial charge in [0.05, 0.1) is 6.61 Å². The molecule has 0 fully saturated rings. The lowest BCUT2D eigenvalue weighted by atomic mass is 10.3. The van der Waals surface area contributed by atoms with Crippen LogP contribution in [-0.2, 0) is 6.54 Å². The van der Waals surface area contributed by atoms with Gasteiger partial charge in [0.25, 0.3) is 5.56 Å². The largest absolute Gasteiger partial charge is 0.395 e. The van der Waals surface area contributed by atoms with E-state index in [1.807, 2.05) is 13.0 Å². The van der Waals surface area contributed by atoms with Gasteiger partial charge < -0.3 is 15.0 Å². The molecule has 1 heterocycles. The average Bonchev–Trinajstić information content (AvgIpc) is 2.20. The molecule has 1 unspecified atom stereocenters. The van der Waals surface area contributed by atoms with Crippen molar-refractivity contribution in [3.63, 3.8) is 0 Å². The Bertz CT molecular complexity index is 322. The molecular weight excluding hydrogens is 180 g/mol. The third-order valence-electron chi connectivity index (χ3n) is 2.02. The van der Waals surface area contributed by atoms with Crippen LogP contribution in [0.25, 0.3) is 0 Å². The van der Waals surface area contributed by atoms with Crippen LogP contribution >= 0.6 is 0 Å². The number of nitrogens with zero attached hydrogens (tertiary/aromatic N) is 1. The molecule has 0 spiro atoms. The smallest absolute Gasteiger partial charge is 0.250 e. The average molecular weight is 196 g/mol. The number of rotatable bonds is 5. The first kappa shape index (κ1) is 10.9. The van der Waals surface area contributed by atoms with E-state index in [9.17, 15) is 4.79 Å². The molecule has 0 aliphatic rings. The van der Waals surface area contributed by atoms with E-state index in [1.54, 1.807) is 16.8 Å². The van der Waals surface area contributed by atoms with E-state index in [2.05, 4.69) is 5.32 Å². The summed E-state index contributed by atoms with van der Waals surface area (Å²) < 4.78 is 1.64. The van der Waals surface area contributed by atoms with Crippen LogP contribution in [0.5, 0.6) is 0 Å². The second kappa shape index (κ2) is 5.57. The Morgan fingerprint density at radius 3 is 3.00 bits per heavy atom. The van der Waals surface area contributed by atoms with E-state index in [0.717, 1.165) is 0 Å². The van der Waals surface area contributed by atoms with Crippen molar-refractivity contribution in [3.8, 4) is 0 Å². The van der Waals surface area contributed by atoms with Crippen molar-refractivity contribution in [1.82, 2.24) is 9.88 Å². The summed E-state index contributed by atoms with van der Waals surface area (Å²) in [5.74, 6) is 0. The highest BCUT2D eigenvalue weighted by atomic mass is 16.3. The molecule has 0 bridgehead atoms. The molecule has 0 amide bonds. The minimum atomic E-state index is 0.00551. The minimum Gasteiger partial charge on any atom is -0.395 e. The van der Waals surface area contributed by atoms with Crippen molar-refractivity contribution in [3.05, 3.63) is 34.7 Å². The number of aliphatic hydroxyl groups excluding tert-OH is 1. The maximum Gasteiger partial charge on any atom is 0.250 e. The van der Waals surface area contributed by atoms with Crippen LogP contribution < -0.4 is 10.9 Å². The fourth-order valence-corrected chi connectivity index (χ4v) is 1.14. The Kier molecular flexibility index (Phi) is 4.35. The Labute approximate surface area is 83.2 Å². The molecule has 1 atom stereocenters. The molecule has 4 nitrogen and oxygen atoms in total. The SMILES string of the molecule is CC(CO)NCCn1ccccc1=O. The highest BCUT2D eigenvalue weighted by Crippen LogP contribution is 1.82. The maximum atomic E-state index is 11.3. The molecule has 0 saturated carbocycles. The molecule has 0 radical (unpaired) electrons. The van der Waals surface area contributed by atoms with Gasteiger partial charge in [0.15, 0.2) is 0 Å². The van der Waals surface area contributed by atoms with Gasteiger partial charge >= 0.3 is 0 Å². The van der Waals surface area contributed by atoms with Crippen LogP contribution in [0.2, 0.25) is 0 Å². The number of hydrogen-bond donors (Lipinski definition) is 2. The monoisotopic (exact) mass is 196 g/mol. The summed E-state index contributed by atoms with van der Waals surface area (Å²) in [6, 6.07) is 5.17. The zero-order chi connectivity index (χ0) is 10.4. The summed E-state index contributed by atoms with van der Waals surface area (Å²) in [5, 5.41) is 11.9. The summed E-state index contributed by atoms with van der Waals surface area (Å²) in [6.07, 6.45) is 1.76. The fraction of sp³-hybridized carbons (Fsp3) is 0.500. The lowest BCUT2D eigenvalue weighted by Crippen LogP contribution is -2.33. The molecule has 0 aliphatic heterocycles. The van der Waals surface area contributed by atoms with Crippen molar-refractivity contribution in [2.24, 2.45) is 0 Å². The molecule has 14 heavy (non-hydrogen) atoms. The van der Waals surface area contributed by atoms with E-state index in [1.165, 1.54) is 6.07 Å². The lowest BCUT2D eigenvalue weighted by molar-refractivity contribution is 0.250. The van der Waals surface area contributed by atoms with Crippen LogP contribution in [-0.4, -0.2) is 28.9 Å². The topological polar surface area (TPSA) is 54.3 Å². The minimum absolute atomic E-state index is 0.00551. The molecule has 2 N–H and O–H groups in total. The van der Waals surface area contributed by atoms with E-state index < -0.39 is 0 Å². The van der Waals surface area contributed by atoms with Crippen LogP contribution in [0, 0.1) is 0 Å². The number of aliphatic hydroxyl groups is 1. The van der Waals surface area contributed by atoms with E-state index in [0.29, 0.717) is 13.1 Å². The van der Waals surface area contributed by atoms with Crippen LogP contribution in [0.1, 0.15) is 6.92 Å². The number of pyridine rings is 1. The molecule has 78 valence electrons. The second-order valence-electron chi connectivity index (χ2n) is 3.27. The molecule has 1 rings (SSSR count). The number of hydrogen-bond acceptors (Lipinski definition) is 3. The molecule has 4 heteroatoms. The second-order valence-corrected chi connectivity index (χ2v) is 3.27. The predicted molar refractivity (Wildman–Crippen MR) is 55.3 cm³/mol. The van der Waals surface area contributed by atoms with Gasteiger partial charge in [-0.3, -0.25) is 4.79 Å². The van der Waals surface area contributed by atoms with E-state index in [-0.39, 0.29) is 18.2 Å². The Hall–Kier alpha value is -1.13. The van der Waals surface area contributed by atoms with Crippen molar-refractivity contribution < 1.29 is 5.11 Å². The van der Waals surface area contributed by atoms with Crippen molar-refractivity contribution in [2.75, 3.05) is 13.2 Å². The quantitative estimate of drug-likeness (QED) is 0.687. The first-order valence-electron chi connectivity index (χ1n) is 4.73.